The monoisotopic (exact) mass is 298 g/mol. The number of primary amides is 1. The van der Waals surface area contributed by atoms with Crippen molar-refractivity contribution in [3.05, 3.63) is 73.7 Å². The van der Waals surface area contributed by atoms with Crippen LogP contribution in [0.4, 0.5) is 5.69 Å². The quantitative estimate of drug-likeness (QED) is 0.657. The largest absolute Gasteiger partial charge is 0.365 e. The number of aromatic nitrogens is 1. The Hall–Kier alpha value is -3.47. The van der Waals surface area contributed by atoms with E-state index in [4.69, 9.17) is 11.0 Å². The maximum atomic E-state index is 12.1. The second-order valence-corrected chi connectivity index (χ2v) is 4.48. The maximum absolute atomic E-state index is 12.1. The smallest absolute Gasteiger partial charge is 0.286 e. The predicted octanol–water partition coefficient (Wildman–Crippen LogP) is 0.775. The highest BCUT2D eigenvalue weighted by molar-refractivity contribution is 5.92. The van der Waals surface area contributed by atoms with Gasteiger partial charge in [0.1, 0.15) is 5.56 Å². The number of hydrogen-bond donors (Lipinski definition) is 1. The standard InChI is InChI=1S/C14H10N4O4/c15-6-9-2-1-3-10(4-9)7-17-8-11(18(21)22)5-12(13(16)19)14(17)20/h1-5,8H,7H2,(H2,16,19). The van der Waals surface area contributed by atoms with Crippen molar-refractivity contribution in [3.8, 4) is 6.07 Å². The maximum Gasteiger partial charge on any atom is 0.286 e. The molecule has 0 fully saturated rings. The Morgan fingerprint density at radius 2 is 2.14 bits per heavy atom. The van der Waals surface area contributed by atoms with Crippen LogP contribution in [-0.4, -0.2) is 15.4 Å². The van der Waals surface area contributed by atoms with Crippen LogP contribution in [0.3, 0.4) is 0 Å². The number of nitrogens with zero attached hydrogens (tertiary/aromatic N) is 3. The van der Waals surface area contributed by atoms with Gasteiger partial charge in [-0.1, -0.05) is 12.1 Å². The second-order valence-electron chi connectivity index (χ2n) is 4.48. The minimum absolute atomic E-state index is 0.0175. The first kappa shape index (κ1) is 14.9. The van der Waals surface area contributed by atoms with E-state index >= 15 is 0 Å². The van der Waals surface area contributed by atoms with Crippen molar-refractivity contribution >= 4 is 11.6 Å². The van der Waals surface area contributed by atoms with E-state index in [1.807, 2.05) is 6.07 Å². The number of carbonyl (C=O) groups excluding carboxylic acids is 1. The minimum atomic E-state index is -1.03. The molecule has 0 saturated heterocycles. The van der Waals surface area contributed by atoms with Gasteiger partial charge in [-0.25, -0.2) is 0 Å². The number of amides is 1. The van der Waals surface area contributed by atoms with E-state index < -0.39 is 27.6 Å². The van der Waals surface area contributed by atoms with Crippen LogP contribution in [0.1, 0.15) is 21.5 Å². The van der Waals surface area contributed by atoms with Crippen LogP contribution in [0.25, 0.3) is 0 Å². The molecule has 0 radical (unpaired) electrons. The SMILES string of the molecule is N#Cc1cccc(Cn2cc([N+](=O)[O-])cc(C(N)=O)c2=O)c1. The Bertz CT molecular complexity index is 864. The average molecular weight is 298 g/mol. The Balaban J connectivity index is 2.54. The molecule has 0 aliphatic heterocycles. The van der Waals surface area contributed by atoms with Crippen molar-refractivity contribution < 1.29 is 9.72 Å². The molecule has 0 bridgehead atoms. The molecule has 2 aromatic rings. The van der Waals surface area contributed by atoms with Gasteiger partial charge in [0.15, 0.2) is 0 Å². The highest BCUT2D eigenvalue weighted by atomic mass is 16.6. The molecule has 110 valence electrons. The fourth-order valence-electron chi connectivity index (χ4n) is 1.95. The normalized spacial score (nSPS) is 9.95. The molecule has 0 spiro atoms. The van der Waals surface area contributed by atoms with E-state index in [1.165, 1.54) is 0 Å². The van der Waals surface area contributed by atoms with Crippen LogP contribution >= 0.6 is 0 Å². The van der Waals surface area contributed by atoms with E-state index in [9.17, 15) is 19.7 Å². The summed E-state index contributed by atoms with van der Waals surface area (Å²) in [6.45, 7) is -0.0175. The van der Waals surface area contributed by atoms with Gasteiger partial charge in [0, 0.05) is 6.07 Å². The number of hydrogen-bond acceptors (Lipinski definition) is 5. The molecule has 8 heteroatoms. The van der Waals surface area contributed by atoms with Gasteiger partial charge in [0.25, 0.3) is 17.2 Å². The van der Waals surface area contributed by atoms with Crippen molar-refractivity contribution in [1.82, 2.24) is 4.57 Å². The Morgan fingerprint density at radius 3 is 2.73 bits per heavy atom. The predicted molar refractivity (Wildman–Crippen MR) is 76.1 cm³/mol. The molecule has 0 atom stereocenters. The third-order valence-corrected chi connectivity index (χ3v) is 2.96. The Morgan fingerprint density at radius 1 is 1.41 bits per heavy atom. The van der Waals surface area contributed by atoms with Crippen LogP contribution in [0.2, 0.25) is 0 Å². The van der Waals surface area contributed by atoms with Crippen LogP contribution < -0.4 is 11.3 Å². The molecule has 8 nitrogen and oxygen atoms in total. The molecular weight excluding hydrogens is 288 g/mol. The molecule has 2 rings (SSSR count). The summed E-state index contributed by atoms with van der Waals surface area (Å²) in [7, 11) is 0. The number of nitro groups is 1. The summed E-state index contributed by atoms with van der Waals surface area (Å²) in [5, 5.41) is 19.7. The zero-order valence-electron chi connectivity index (χ0n) is 11.2. The fourth-order valence-corrected chi connectivity index (χ4v) is 1.95. The lowest BCUT2D eigenvalue weighted by molar-refractivity contribution is -0.385. The van der Waals surface area contributed by atoms with Crippen molar-refractivity contribution in [1.29, 1.82) is 5.26 Å². The molecular formula is C14H10N4O4. The summed E-state index contributed by atoms with van der Waals surface area (Å²) in [6, 6.07) is 9.25. The van der Waals surface area contributed by atoms with Crippen LogP contribution in [0, 0.1) is 21.4 Å². The van der Waals surface area contributed by atoms with Crippen LogP contribution in [-0.2, 0) is 6.54 Å². The molecule has 1 aromatic heterocycles. The molecule has 1 aromatic carbocycles. The third-order valence-electron chi connectivity index (χ3n) is 2.96. The van der Waals surface area contributed by atoms with E-state index in [-0.39, 0.29) is 6.54 Å². The average Bonchev–Trinajstić information content (AvgIpc) is 2.49. The zero-order chi connectivity index (χ0) is 16.3. The topological polar surface area (TPSA) is 132 Å². The van der Waals surface area contributed by atoms with Gasteiger partial charge >= 0.3 is 0 Å². The van der Waals surface area contributed by atoms with E-state index in [2.05, 4.69) is 0 Å². The van der Waals surface area contributed by atoms with Crippen LogP contribution in [0.5, 0.6) is 0 Å². The number of rotatable bonds is 4. The summed E-state index contributed by atoms with van der Waals surface area (Å²) in [6.07, 6.45) is 1.04. The molecule has 0 unspecified atom stereocenters. The van der Waals surface area contributed by atoms with Gasteiger partial charge < -0.3 is 10.3 Å². The molecule has 22 heavy (non-hydrogen) atoms. The lowest BCUT2D eigenvalue weighted by Gasteiger charge is -2.07. The number of benzene rings is 1. The molecule has 0 aliphatic carbocycles. The molecule has 0 aliphatic rings. The Kier molecular flexibility index (Phi) is 3.99. The van der Waals surface area contributed by atoms with Crippen molar-refractivity contribution in [2.24, 2.45) is 5.73 Å². The summed E-state index contributed by atoms with van der Waals surface area (Å²) in [5.74, 6) is -1.03. The number of nitrogens with two attached hydrogens (primary N) is 1. The first-order valence-corrected chi connectivity index (χ1v) is 6.10. The Labute approximate surface area is 124 Å². The highest BCUT2D eigenvalue weighted by Crippen LogP contribution is 2.12. The molecule has 1 amide bonds. The number of pyridine rings is 1. The van der Waals surface area contributed by atoms with E-state index in [0.717, 1.165) is 16.8 Å². The van der Waals surface area contributed by atoms with Gasteiger partial charge in [0.2, 0.25) is 0 Å². The molecule has 1 heterocycles. The van der Waals surface area contributed by atoms with Gasteiger partial charge in [-0.2, -0.15) is 5.26 Å². The van der Waals surface area contributed by atoms with Gasteiger partial charge in [0.05, 0.1) is 29.3 Å². The van der Waals surface area contributed by atoms with Crippen molar-refractivity contribution in [2.75, 3.05) is 0 Å². The molecule has 0 saturated carbocycles. The van der Waals surface area contributed by atoms with E-state index in [1.54, 1.807) is 24.3 Å². The second kappa shape index (κ2) is 5.88. The van der Waals surface area contributed by atoms with Crippen LogP contribution in [0.15, 0.2) is 41.3 Å². The lowest BCUT2D eigenvalue weighted by Crippen LogP contribution is -2.30. The number of nitriles is 1. The first-order chi connectivity index (χ1) is 10.4. The highest BCUT2D eigenvalue weighted by Gasteiger charge is 2.17. The first-order valence-electron chi connectivity index (χ1n) is 6.10. The zero-order valence-corrected chi connectivity index (χ0v) is 11.2. The summed E-state index contributed by atoms with van der Waals surface area (Å²) < 4.78 is 1.02. The van der Waals surface area contributed by atoms with E-state index in [0.29, 0.717) is 11.1 Å². The summed E-state index contributed by atoms with van der Waals surface area (Å²) in [4.78, 5) is 33.5. The van der Waals surface area contributed by atoms with Crippen molar-refractivity contribution in [2.45, 2.75) is 6.54 Å². The lowest BCUT2D eigenvalue weighted by atomic mass is 10.1. The van der Waals surface area contributed by atoms with Gasteiger partial charge in [-0.15, -0.1) is 0 Å². The fraction of sp³-hybridized carbons (Fsp3) is 0.0714. The van der Waals surface area contributed by atoms with Gasteiger partial charge in [-0.3, -0.25) is 19.7 Å². The minimum Gasteiger partial charge on any atom is -0.365 e. The summed E-state index contributed by atoms with van der Waals surface area (Å²) in [5.41, 5.74) is 4.48. The number of carbonyl (C=O) groups is 1. The third kappa shape index (κ3) is 2.99. The molecule has 2 N–H and O–H groups in total. The van der Waals surface area contributed by atoms with Crippen molar-refractivity contribution in [3.63, 3.8) is 0 Å². The van der Waals surface area contributed by atoms with Gasteiger partial charge in [-0.05, 0) is 17.7 Å². The summed E-state index contributed by atoms with van der Waals surface area (Å²) >= 11 is 0.